The van der Waals surface area contributed by atoms with Crippen LogP contribution in [0.3, 0.4) is 0 Å². The van der Waals surface area contributed by atoms with Crippen molar-refractivity contribution in [3.05, 3.63) is 60.2 Å². The van der Waals surface area contributed by atoms with E-state index in [1.165, 1.54) is 0 Å². The summed E-state index contributed by atoms with van der Waals surface area (Å²) in [5.41, 5.74) is 1.51. The van der Waals surface area contributed by atoms with Gasteiger partial charge >= 0.3 is 0 Å². The van der Waals surface area contributed by atoms with Crippen molar-refractivity contribution in [2.75, 3.05) is 25.1 Å². The third kappa shape index (κ3) is 4.25. The van der Waals surface area contributed by atoms with Gasteiger partial charge in [0.2, 0.25) is 5.91 Å². The van der Waals surface area contributed by atoms with Crippen LogP contribution in [0.15, 0.2) is 54.6 Å². The van der Waals surface area contributed by atoms with E-state index in [9.17, 15) is 4.79 Å². The van der Waals surface area contributed by atoms with Crippen molar-refractivity contribution < 1.29 is 14.3 Å². The van der Waals surface area contributed by atoms with Gasteiger partial charge in [-0.1, -0.05) is 43.2 Å². The first kappa shape index (κ1) is 18.5. The molecule has 138 valence electrons. The molecule has 1 aliphatic carbocycles. The van der Waals surface area contributed by atoms with Gasteiger partial charge in [-0.25, -0.2) is 0 Å². The summed E-state index contributed by atoms with van der Waals surface area (Å²) in [7, 11) is 0. The summed E-state index contributed by atoms with van der Waals surface area (Å²) in [6, 6.07) is 17.7. The van der Waals surface area contributed by atoms with Gasteiger partial charge in [-0.2, -0.15) is 0 Å². The van der Waals surface area contributed by atoms with Crippen molar-refractivity contribution in [3.8, 4) is 5.75 Å². The third-order valence-electron chi connectivity index (χ3n) is 5.03. The molecule has 0 spiro atoms. The minimum Gasteiger partial charge on any atom is -0.491 e. The van der Waals surface area contributed by atoms with Crippen LogP contribution in [0.25, 0.3) is 0 Å². The van der Waals surface area contributed by atoms with E-state index in [-0.39, 0.29) is 5.91 Å². The maximum atomic E-state index is 13.1. The van der Waals surface area contributed by atoms with E-state index in [2.05, 4.69) is 17.4 Å². The van der Waals surface area contributed by atoms with E-state index in [0.717, 1.165) is 42.7 Å². The maximum Gasteiger partial charge on any atom is 0.235 e. The summed E-state index contributed by atoms with van der Waals surface area (Å²) >= 11 is 0. The molecule has 1 N–H and O–H groups in total. The molecule has 0 aromatic heterocycles. The molecule has 2 aromatic carbocycles. The van der Waals surface area contributed by atoms with E-state index in [4.69, 9.17) is 9.47 Å². The summed E-state index contributed by atoms with van der Waals surface area (Å²) in [5.74, 6) is 0.868. The number of rotatable bonds is 8. The van der Waals surface area contributed by atoms with Crippen LogP contribution in [0.1, 0.15) is 38.2 Å². The number of ether oxygens (including phenoxy) is 2. The molecule has 2 aromatic rings. The molecule has 0 saturated heterocycles. The minimum absolute atomic E-state index is 0.0891. The molecule has 0 aliphatic heterocycles. The zero-order chi connectivity index (χ0) is 18.2. The minimum atomic E-state index is -0.409. The van der Waals surface area contributed by atoms with Crippen LogP contribution in [-0.2, 0) is 14.9 Å². The van der Waals surface area contributed by atoms with E-state index in [0.29, 0.717) is 19.8 Å². The molecular formula is C22H27NO3. The van der Waals surface area contributed by atoms with E-state index >= 15 is 0 Å². The number of benzene rings is 2. The van der Waals surface area contributed by atoms with Gasteiger partial charge in [0.25, 0.3) is 0 Å². The second-order valence-electron chi connectivity index (χ2n) is 6.68. The fourth-order valence-corrected chi connectivity index (χ4v) is 3.63. The fraction of sp³-hybridized carbons (Fsp3) is 0.409. The lowest BCUT2D eigenvalue weighted by Crippen LogP contribution is -2.37. The standard InChI is InChI=1S/C22H27NO3/c1-2-25-16-17-26-20-12-10-19(11-13-20)23-21(24)22(14-6-7-15-22)18-8-4-3-5-9-18/h3-5,8-13H,2,6-7,14-17H2,1H3,(H,23,24). The number of hydrogen-bond acceptors (Lipinski definition) is 3. The van der Waals surface area contributed by atoms with Crippen molar-refractivity contribution in [1.82, 2.24) is 0 Å². The van der Waals surface area contributed by atoms with E-state index in [1.807, 2.05) is 49.4 Å². The SMILES string of the molecule is CCOCCOc1ccc(NC(=O)C2(c3ccccc3)CCCC2)cc1. The molecule has 4 heteroatoms. The largest absolute Gasteiger partial charge is 0.491 e. The molecular weight excluding hydrogens is 326 g/mol. The normalized spacial score (nSPS) is 15.6. The zero-order valence-electron chi connectivity index (χ0n) is 15.4. The molecule has 4 nitrogen and oxygen atoms in total. The number of carbonyl (C=O) groups is 1. The van der Waals surface area contributed by atoms with Gasteiger partial charge in [0.1, 0.15) is 12.4 Å². The molecule has 26 heavy (non-hydrogen) atoms. The predicted molar refractivity (Wildman–Crippen MR) is 104 cm³/mol. The zero-order valence-corrected chi connectivity index (χ0v) is 15.4. The maximum absolute atomic E-state index is 13.1. The first-order valence-corrected chi connectivity index (χ1v) is 9.42. The quantitative estimate of drug-likeness (QED) is 0.708. The number of anilines is 1. The van der Waals surface area contributed by atoms with Crippen LogP contribution >= 0.6 is 0 Å². The average Bonchev–Trinajstić information content (AvgIpc) is 3.18. The van der Waals surface area contributed by atoms with Gasteiger partial charge in [0, 0.05) is 12.3 Å². The molecule has 0 heterocycles. The summed E-state index contributed by atoms with van der Waals surface area (Å²) in [6.45, 7) is 3.76. The topological polar surface area (TPSA) is 47.6 Å². The number of nitrogens with one attached hydrogen (secondary N) is 1. The Kier molecular flexibility index (Phi) is 6.29. The second-order valence-corrected chi connectivity index (χ2v) is 6.68. The lowest BCUT2D eigenvalue weighted by atomic mass is 9.78. The smallest absolute Gasteiger partial charge is 0.235 e. The van der Waals surface area contributed by atoms with Gasteiger partial charge in [-0.15, -0.1) is 0 Å². The van der Waals surface area contributed by atoms with Crippen molar-refractivity contribution in [2.45, 2.75) is 38.0 Å². The highest BCUT2D eigenvalue weighted by Crippen LogP contribution is 2.42. The highest BCUT2D eigenvalue weighted by Gasteiger charge is 2.42. The van der Waals surface area contributed by atoms with Gasteiger partial charge < -0.3 is 14.8 Å². The Balaban J connectivity index is 1.65. The van der Waals surface area contributed by atoms with Crippen molar-refractivity contribution in [2.24, 2.45) is 0 Å². The van der Waals surface area contributed by atoms with Crippen LogP contribution in [0.5, 0.6) is 5.75 Å². The molecule has 1 amide bonds. The van der Waals surface area contributed by atoms with Crippen molar-refractivity contribution >= 4 is 11.6 Å². The van der Waals surface area contributed by atoms with Crippen LogP contribution in [0.2, 0.25) is 0 Å². The first-order valence-electron chi connectivity index (χ1n) is 9.42. The molecule has 1 saturated carbocycles. The van der Waals surface area contributed by atoms with Crippen LogP contribution in [0, 0.1) is 0 Å². The highest BCUT2D eigenvalue weighted by atomic mass is 16.5. The van der Waals surface area contributed by atoms with E-state index < -0.39 is 5.41 Å². The second kappa shape index (κ2) is 8.86. The van der Waals surface area contributed by atoms with Gasteiger partial charge in [-0.05, 0) is 49.6 Å². The summed E-state index contributed by atoms with van der Waals surface area (Å²) in [6.07, 6.45) is 3.99. The Morgan fingerprint density at radius 1 is 1.00 bits per heavy atom. The number of carbonyl (C=O) groups excluding carboxylic acids is 1. The molecule has 1 aliphatic rings. The fourth-order valence-electron chi connectivity index (χ4n) is 3.63. The molecule has 0 atom stereocenters. The summed E-state index contributed by atoms with van der Waals surface area (Å²) < 4.78 is 10.9. The Hall–Kier alpha value is -2.33. The number of hydrogen-bond donors (Lipinski definition) is 1. The van der Waals surface area contributed by atoms with Crippen LogP contribution in [0.4, 0.5) is 5.69 Å². The summed E-state index contributed by atoms with van der Waals surface area (Å²) in [5, 5.41) is 3.11. The lowest BCUT2D eigenvalue weighted by Gasteiger charge is -2.28. The molecule has 3 rings (SSSR count). The molecule has 1 fully saturated rings. The van der Waals surface area contributed by atoms with Crippen molar-refractivity contribution in [3.63, 3.8) is 0 Å². The average molecular weight is 353 g/mol. The Bertz CT molecular complexity index is 691. The molecule has 0 bridgehead atoms. The van der Waals surface area contributed by atoms with Gasteiger partial charge in [0.05, 0.1) is 12.0 Å². The highest BCUT2D eigenvalue weighted by molar-refractivity contribution is 5.99. The van der Waals surface area contributed by atoms with Crippen LogP contribution < -0.4 is 10.1 Å². The number of amides is 1. The first-order chi connectivity index (χ1) is 12.7. The molecule has 0 radical (unpaired) electrons. The van der Waals surface area contributed by atoms with Gasteiger partial charge in [-0.3, -0.25) is 4.79 Å². The Labute approximate surface area is 155 Å². The Morgan fingerprint density at radius 2 is 1.69 bits per heavy atom. The van der Waals surface area contributed by atoms with Crippen LogP contribution in [-0.4, -0.2) is 25.7 Å². The summed E-state index contributed by atoms with van der Waals surface area (Å²) in [4.78, 5) is 13.1. The third-order valence-corrected chi connectivity index (χ3v) is 5.03. The Morgan fingerprint density at radius 3 is 2.35 bits per heavy atom. The lowest BCUT2D eigenvalue weighted by molar-refractivity contribution is -0.121. The predicted octanol–water partition coefficient (Wildman–Crippen LogP) is 4.55. The van der Waals surface area contributed by atoms with E-state index in [1.54, 1.807) is 0 Å². The molecule has 0 unspecified atom stereocenters. The monoisotopic (exact) mass is 353 g/mol. The van der Waals surface area contributed by atoms with Gasteiger partial charge in [0.15, 0.2) is 0 Å². The van der Waals surface area contributed by atoms with Crippen molar-refractivity contribution in [1.29, 1.82) is 0 Å².